The molecular weight excluding hydrogens is 394 g/mol. The lowest BCUT2D eigenvalue weighted by atomic mass is 9.82. The Kier molecular flexibility index (Phi) is 8.04. The fraction of sp³-hybridized carbons (Fsp3) is 0.640. The maximum atomic E-state index is 13.1. The van der Waals surface area contributed by atoms with Crippen LogP contribution in [0.4, 0.5) is 4.79 Å². The van der Waals surface area contributed by atoms with E-state index in [1.807, 2.05) is 32.9 Å². The summed E-state index contributed by atoms with van der Waals surface area (Å²) in [6, 6.07) is 3.54. The van der Waals surface area contributed by atoms with E-state index in [2.05, 4.69) is 27.4 Å². The van der Waals surface area contributed by atoms with Crippen LogP contribution < -0.4 is 9.47 Å². The average molecular weight is 434 g/mol. The van der Waals surface area contributed by atoms with Crippen molar-refractivity contribution < 1.29 is 24.1 Å². The number of benzene rings is 1. The molecule has 0 aliphatic carbocycles. The first kappa shape index (κ1) is 25.1. The van der Waals surface area contributed by atoms with Crippen molar-refractivity contribution in [2.75, 3.05) is 20.8 Å². The number of hydrogen-bond donors (Lipinski definition) is 1. The third kappa shape index (κ3) is 6.16. The number of ether oxygens (including phenoxy) is 3. The van der Waals surface area contributed by atoms with Crippen LogP contribution in [0.2, 0.25) is 0 Å². The van der Waals surface area contributed by atoms with Crippen LogP contribution in [-0.4, -0.2) is 48.6 Å². The van der Waals surface area contributed by atoms with E-state index in [9.17, 15) is 9.90 Å². The van der Waals surface area contributed by atoms with Crippen molar-refractivity contribution in [1.82, 2.24) is 4.90 Å². The third-order valence-corrected chi connectivity index (χ3v) is 5.54. The van der Waals surface area contributed by atoms with Crippen molar-refractivity contribution in [3.05, 3.63) is 35.4 Å². The van der Waals surface area contributed by atoms with Gasteiger partial charge in [0.15, 0.2) is 11.5 Å². The molecule has 1 aromatic carbocycles. The number of rotatable bonds is 7. The van der Waals surface area contributed by atoms with E-state index in [-0.39, 0.29) is 18.1 Å². The van der Waals surface area contributed by atoms with Gasteiger partial charge in [-0.2, -0.15) is 0 Å². The Morgan fingerprint density at radius 3 is 2.23 bits per heavy atom. The fourth-order valence-corrected chi connectivity index (χ4v) is 4.13. The molecule has 0 bridgehead atoms. The predicted molar refractivity (Wildman–Crippen MR) is 123 cm³/mol. The molecule has 0 fully saturated rings. The van der Waals surface area contributed by atoms with Crippen molar-refractivity contribution in [2.24, 2.45) is 5.92 Å². The topological polar surface area (TPSA) is 68.2 Å². The van der Waals surface area contributed by atoms with E-state index >= 15 is 0 Å². The molecule has 0 saturated heterocycles. The minimum absolute atomic E-state index is 0.0783. The summed E-state index contributed by atoms with van der Waals surface area (Å²) in [6.45, 7) is 16.4. The molecule has 0 saturated carbocycles. The summed E-state index contributed by atoms with van der Waals surface area (Å²) in [4.78, 5) is 14.9. The van der Waals surface area contributed by atoms with Gasteiger partial charge in [-0.15, -0.1) is 0 Å². The number of amides is 1. The van der Waals surface area contributed by atoms with Gasteiger partial charge < -0.3 is 24.2 Å². The molecule has 0 spiro atoms. The molecule has 1 aliphatic rings. The van der Waals surface area contributed by atoms with Gasteiger partial charge in [-0.1, -0.05) is 27.4 Å². The average Bonchev–Trinajstić information content (AvgIpc) is 2.66. The molecule has 0 aromatic heterocycles. The molecule has 1 aromatic rings. The molecule has 31 heavy (non-hydrogen) atoms. The van der Waals surface area contributed by atoms with Gasteiger partial charge in [-0.05, 0) is 67.9 Å². The van der Waals surface area contributed by atoms with Gasteiger partial charge in [0.1, 0.15) is 5.60 Å². The molecule has 6 nitrogen and oxygen atoms in total. The van der Waals surface area contributed by atoms with Crippen LogP contribution in [0.15, 0.2) is 24.3 Å². The number of fused-ring (bicyclic) bond motifs is 1. The summed E-state index contributed by atoms with van der Waals surface area (Å²) in [5.74, 6) is 1.73. The molecular formula is C25H39NO5. The lowest BCUT2D eigenvalue weighted by molar-refractivity contribution is 0.00689. The largest absolute Gasteiger partial charge is 0.493 e. The highest BCUT2D eigenvalue weighted by Gasteiger charge is 2.38. The Morgan fingerprint density at radius 1 is 1.19 bits per heavy atom. The second-order valence-corrected chi connectivity index (χ2v) is 9.89. The van der Waals surface area contributed by atoms with Crippen molar-refractivity contribution in [3.8, 4) is 11.5 Å². The molecule has 1 heterocycles. The van der Waals surface area contributed by atoms with Gasteiger partial charge in [0, 0.05) is 13.0 Å². The monoisotopic (exact) mass is 433 g/mol. The number of aliphatic hydroxyl groups is 1. The van der Waals surface area contributed by atoms with Crippen LogP contribution in [-0.2, 0) is 4.74 Å². The van der Waals surface area contributed by atoms with Gasteiger partial charge in [-0.25, -0.2) is 4.79 Å². The number of carbonyl (C=O) groups excluding carboxylic acids is 1. The molecule has 1 aliphatic heterocycles. The summed E-state index contributed by atoms with van der Waals surface area (Å²) in [6.07, 6.45) is -0.0339. The zero-order valence-electron chi connectivity index (χ0n) is 20.3. The second-order valence-electron chi connectivity index (χ2n) is 9.89. The Morgan fingerprint density at radius 2 is 1.74 bits per heavy atom. The molecule has 174 valence electrons. The number of hydrogen-bond acceptors (Lipinski definition) is 5. The number of aliphatic hydroxyl groups excluding tert-OH is 1. The van der Waals surface area contributed by atoms with E-state index in [4.69, 9.17) is 14.2 Å². The Hall–Kier alpha value is -2.21. The Bertz CT molecular complexity index is 796. The quantitative estimate of drug-likeness (QED) is 0.579. The minimum Gasteiger partial charge on any atom is -0.493 e. The maximum absolute atomic E-state index is 13.1. The smallest absolute Gasteiger partial charge is 0.410 e. The molecule has 1 amide bonds. The highest BCUT2D eigenvalue weighted by atomic mass is 16.6. The van der Waals surface area contributed by atoms with Crippen LogP contribution in [0, 0.1) is 5.92 Å². The van der Waals surface area contributed by atoms with Crippen LogP contribution in [0.5, 0.6) is 11.5 Å². The molecule has 1 unspecified atom stereocenters. The van der Waals surface area contributed by atoms with Crippen LogP contribution >= 0.6 is 0 Å². The Labute approximate surface area is 187 Å². The minimum atomic E-state index is -0.730. The van der Waals surface area contributed by atoms with Crippen LogP contribution in [0.3, 0.4) is 0 Å². The summed E-state index contributed by atoms with van der Waals surface area (Å²) in [5.41, 5.74) is 2.20. The zero-order chi connectivity index (χ0) is 23.5. The normalized spacial score (nSPS) is 19.6. The summed E-state index contributed by atoms with van der Waals surface area (Å²) >= 11 is 0. The first-order chi connectivity index (χ1) is 14.4. The molecule has 0 radical (unpaired) electrons. The highest BCUT2D eigenvalue weighted by Crippen LogP contribution is 2.44. The van der Waals surface area contributed by atoms with Crippen molar-refractivity contribution in [2.45, 2.75) is 78.0 Å². The fourth-order valence-electron chi connectivity index (χ4n) is 4.13. The van der Waals surface area contributed by atoms with Crippen LogP contribution in [0.1, 0.15) is 77.5 Å². The predicted octanol–water partition coefficient (Wildman–Crippen LogP) is 5.45. The van der Waals surface area contributed by atoms with Gasteiger partial charge >= 0.3 is 6.09 Å². The van der Waals surface area contributed by atoms with E-state index < -0.39 is 11.7 Å². The first-order valence-electron chi connectivity index (χ1n) is 11.0. The van der Waals surface area contributed by atoms with Crippen molar-refractivity contribution in [1.29, 1.82) is 0 Å². The summed E-state index contributed by atoms with van der Waals surface area (Å²) in [7, 11) is 3.21. The molecule has 2 rings (SSSR count). The molecule has 6 heteroatoms. The standard InChI is InChI=1S/C25H39NO5/c1-15(2)10-16(3)21(27)13-20-19-12-23(30-9)22(29-8)11-18(19)17(4)14-26(20)24(28)31-25(5,6)7/h11-12,15,17,20-21,27H,3,10,13-14H2,1-2,4-9H3/t17?,20-,21+/m0/s1. The van der Waals surface area contributed by atoms with E-state index in [0.717, 1.165) is 23.1 Å². The van der Waals surface area contributed by atoms with Crippen molar-refractivity contribution in [3.63, 3.8) is 0 Å². The SMILES string of the molecule is C=C(CC(C)C)[C@H](O)C[C@H]1c2cc(OC)c(OC)cc2C(C)CN1C(=O)OC(C)(C)C. The second kappa shape index (κ2) is 9.94. The van der Waals surface area contributed by atoms with Gasteiger partial charge in [0.2, 0.25) is 0 Å². The summed E-state index contributed by atoms with van der Waals surface area (Å²) in [5, 5.41) is 10.9. The number of nitrogens with zero attached hydrogens (tertiary/aromatic N) is 1. The first-order valence-corrected chi connectivity index (χ1v) is 11.0. The van der Waals surface area contributed by atoms with Gasteiger partial charge in [0.25, 0.3) is 0 Å². The van der Waals surface area contributed by atoms with E-state index in [1.165, 1.54) is 0 Å². The molecule has 1 N–H and O–H groups in total. The summed E-state index contributed by atoms with van der Waals surface area (Å²) < 4.78 is 16.7. The Balaban J connectivity index is 2.50. The zero-order valence-corrected chi connectivity index (χ0v) is 20.3. The van der Waals surface area contributed by atoms with Crippen molar-refractivity contribution >= 4 is 6.09 Å². The molecule has 3 atom stereocenters. The van der Waals surface area contributed by atoms with Crippen LogP contribution in [0.25, 0.3) is 0 Å². The van der Waals surface area contributed by atoms with E-state index in [0.29, 0.717) is 30.4 Å². The number of methoxy groups -OCH3 is 2. The van der Waals surface area contributed by atoms with Gasteiger partial charge in [-0.3, -0.25) is 0 Å². The van der Waals surface area contributed by atoms with E-state index in [1.54, 1.807) is 19.1 Å². The number of carbonyl (C=O) groups is 1. The maximum Gasteiger partial charge on any atom is 0.410 e. The van der Waals surface area contributed by atoms with Gasteiger partial charge in [0.05, 0.1) is 26.4 Å². The lowest BCUT2D eigenvalue weighted by Gasteiger charge is -2.42. The highest BCUT2D eigenvalue weighted by molar-refractivity contribution is 5.70. The lowest BCUT2D eigenvalue weighted by Crippen LogP contribution is -2.45. The third-order valence-electron chi connectivity index (χ3n) is 5.54.